The minimum absolute atomic E-state index is 0.00178. The van der Waals surface area contributed by atoms with Crippen molar-refractivity contribution in [1.29, 1.82) is 0 Å². The largest absolute Gasteiger partial charge is 0.366 e. The highest BCUT2D eigenvalue weighted by atomic mass is 16.5. The first-order valence-corrected chi connectivity index (χ1v) is 11.6. The van der Waals surface area contributed by atoms with E-state index in [0.717, 1.165) is 12.1 Å². The van der Waals surface area contributed by atoms with Crippen LogP contribution < -0.4 is 10.5 Å². The quantitative estimate of drug-likeness (QED) is 0.669. The van der Waals surface area contributed by atoms with Crippen molar-refractivity contribution in [3.8, 4) is 0 Å². The Morgan fingerprint density at radius 1 is 1.18 bits per heavy atom. The van der Waals surface area contributed by atoms with Gasteiger partial charge in [0.1, 0.15) is 11.9 Å². The highest BCUT2D eigenvalue weighted by Crippen LogP contribution is 2.33. The molecule has 0 saturated carbocycles. The average Bonchev–Trinajstić information content (AvgIpc) is 3.21. The number of aromatic nitrogens is 2. The third kappa shape index (κ3) is 4.30. The lowest BCUT2D eigenvalue weighted by atomic mass is 9.86. The van der Waals surface area contributed by atoms with Gasteiger partial charge in [0.2, 0.25) is 0 Å². The average molecular weight is 447 g/mol. The molecular weight excluding hydrogens is 416 g/mol. The van der Waals surface area contributed by atoms with Crippen LogP contribution in [0.5, 0.6) is 0 Å². The summed E-state index contributed by atoms with van der Waals surface area (Å²) in [7, 11) is 0. The van der Waals surface area contributed by atoms with Gasteiger partial charge in [-0.2, -0.15) is 0 Å². The molecule has 7 nitrogen and oxygen atoms in total. The molecule has 0 aliphatic carbocycles. The van der Waals surface area contributed by atoms with E-state index in [1.165, 1.54) is 11.1 Å². The Morgan fingerprint density at radius 3 is 2.82 bits per heavy atom. The summed E-state index contributed by atoms with van der Waals surface area (Å²) in [4.78, 5) is 37.2. The fraction of sp³-hybridized carbons (Fsp3) is 0.423. The summed E-state index contributed by atoms with van der Waals surface area (Å²) in [6.07, 6.45) is 0.336. The van der Waals surface area contributed by atoms with E-state index in [4.69, 9.17) is 4.74 Å². The molecule has 1 saturated heterocycles. The molecule has 3 heterocycles. The van der Waals surface area contributed by atoms with E-state index in [1.807, 2.05) is 23.1 Å². The maximum atomic E-state index is 13.4. The lowest BCUT2D eigenvalue weighted by Gasteiger charge is -2.33. The number of para-hydroxylation sites is 1. The van der Waals surface area contributed by atoms with Gasteiger partial charge >= 0.3 is 0 Å². The van der Waals surface area contributed by atoms with Crippen molar-refractivity contribution in [2.75, 3.05) is 31.1 Å². The highest BCUT2D eigenvalue weighted by molar-refractivity contribution is 5.98. The maximum absolute atomic E-state index is 13.4. The van der Waals surface area contributed by atoms with Gasteiger partial charge in [0.15, 0.2) is 0 Å². The van der Waals surface area contributed by atoms with Crippen LogP contribution in [-0.4, -0.2) is 53.1 Å². The highest BCUT2D eigenvalue weighted by Gasteiger charge is 2.34. The lowest BCUT2D eigenvalue weighted by molar-refractivity contribution is -0.136. The number of rotatable bonds is 3. The van der Waals surface area contributed by atoms with E-state index in [0.29, 0.717) is 49.5 Å². The maximum Gasteiger partial charge on any atom is 0.258 e. The van der Waals surface area contributed by atoms with Crippen molar-refractivity contribution in [2.45, 2.75) is 45.3 Å². The second-order valence-corrected chi connectivity index (χ2v) is 9.96. The Labute approximate surface area is 193 Å². The van der Waals surface area contributed by atoms with Crippen molar-refractivity contribution in [1.82, 2.24) is 14.9 Å². The first kappa shape index (κ1) is 21.8. The van der Waals surface area contributed by atoms with Crippen LogP contribution in [0.3, 0.4) is 0 Å². The summed E-state index contributed by atoms with van der Waals surface area (Å²) in [6.45, 7) is 9.39. The molecule has 172 valence electrons. The fourth-order valence-corrected chi connectivity index (χ4v) is 4.69. The molecule has 7 heteroatoms. The van der Waals surface area contributed by atoms with Crippen LogP contribution in [0.2, 0.25) is 0 Å². The van der Waals surface area contributed by atoms with Gasteiger partial charge in [-0.25, -0.2) is 4.98 Å². The zero-order valence-corrected chi connectivity index (χ0v) is 19.4. The number of hydrogen-bond donors (Lipinski definition) is 1. The van der Waals surface area contributed by atoms with Crippen molar-refractivity contribution in [3.05, 3.63) is 69.8 Å². The Hall–Kier alpha value is -3.03. The molecule has 33 heavy (non-hydrogen) atoms. The third-order valence-corrected chi connectivity index (χ3v) is 6.57. The van der Waals surface area contributed by atoms with Crippen LogP contribution in [0, 0.1) is 0 Å². The number of nitrogens with one attached hydrogen (secondary N) is 1. The SMILES string of the molecule is CC(C)(C)c1ccc2c(c1)CCN2C(=O)C1CN(Cc2nc3ccccc3c(=O)[nH]2)CCO1. The van der Waals surface area contributed by atoms with E-state index in [9.17, 15) is 9.59 Å². The van der Waals surface area contributed by atoms with Gasteiger partial charge in [0.25, 0.3) is 11.5 Å². The molecule has 0 radical (unpaired) electrons. The Bertz CT molecular complexity index is 1260. The molecule has 0 bridgehead atoms. The van der Waals surface area contributed by atoms with Gasteiger partial charge in [-0.3, -0.25) is 14.5 Å². The van der Waals surface area contributed by atoms with Gasteiger partial charge in [-0.05, 0) is 41.2 Å². The predicted octanol–water partition coefficient (Wildman–Crippen LogP) is 3.01. The molecule has 2 aliphatic rings. The lowest BCUT2D eigenvalue weighted by Crippen LogP contribution is -2.50. The van der Waals surface area contributed by atoms with E-state index in [2.05, 4.69) is 53.8 Å². The number of amides is 1. The van der Waals surface area contributed by atoms with E-state index in [1.54, 1.807) is 6.07 Å². The Balaban J connectivity index is 1.30. The molecule has 1 amide bonds. The van der Waals surface area contributed by atoms with Gasteiger partial charge in [-0.1, -0.05) is 45.0 Å². The summed E-state index contributed by atoms with van der Waals surface area (Å²) in [6, 6.07) is 13.8. The molecule has 1 aromatic heterocycles. The second kappa shape index (κ2) is 8.39. The number of benzene rings is 2. The van der Waals surface area contributed by atoms with Crippen LogP contribution >= 0.6 is 0 Å². The predicted molar refractivity (Wildman–Crippen MR) is 129 cm³/mol. The monoisotopic (exact) mass is 446 g/mol. The number of carbonyl (C=O) groups excluding carboxylic acids is 1. The van der Waals surface area contributed by atoms with Crippen molar-refractivity contribution in [2.24, 2.45) is 0 Å². The third-order valence-electron chi connectivity index (χ3n) is 6.57. The van der Waals surface area contributed by atoms with Gasteiger partial charge in [0.05, 0.1) is 24.1 Å². The van der Waals surface area contributed by atoms with Crippen LogP contribution in [0.25, 0.3) is 10.9 Å². The molecule has 1 N–H and O–H groups in total. The van der Waals surface area contributed by atoms with Crippen molar-refractivity contribution < 1.29 is 9.53 Å². The number of H-pyrrole nitrogens is 1. The Kier molecular flexibility index (Phi) is 5.54. The van der Waals surface area contributed by atoms with Gasteiger partial charge in [-0.15, -0.1) is 0 Å². The summed E-state index contributed by atoms with van der Waals surface area (Å²) in [5.41, 5.74) is 4.13. The molecular formula is C26H30N4O3. The number of anilines is 1. The van der Waals surface area contributed by atoms with Crippen molar-refractivity contribution >= 4 is 22.5 Å². The molecule has 2 aliphatic heterocycles. The Morgan fingerprint density at radius 2 is 2.00 bits per heavy atom. The summed E-state index contributed by atoms with van der Waals surface area (Å²) >= 11 is 0. The zero-order valence-electron chi connectivity index (χ0n) is 19.4. The van der Waals surface area contributed by atoms with Gasteiger partial charge in [0, 0.05) is 25.3 Å². The minimum atomic E-state index is -0.529. The van der Waals surface area contributed by atoms with Crippen LogP contribution in [0.15, 0.2) is 47.3 Å². The van der Waals surface area contributed by atoms with Crippen LogP contribution in [-0.2, 0) is 27.9 Å². The number of aromatic amines is 1. The first-order valence-electron chi connectivity index (χ1n) is 11.6. The minimum Gasteiger partial charge on any atom is -0.366 e. The molecule has 2 aromatic carbocycles. The molecule has 3 aromatic rings. The second-order valence-electron chi connectivity index (χ2n) is 9.96. The molecule has 5 rings (SSSR count). The molecule has 0 spiro atoms. The number of fused-ring (bicyclic) bond motifs is 2. The smallest absolute Gasteiger partial charge is 0.258 e. The number of morpholine rings is 1. The zero-order chi connectivity index (χ0) is 23.2. The normalized spacial score (nSPS) is 19.1. The van der Waals surface area contributed by atoms with Crippen LogP contribution in [0.4, 0.5) is 5.69 Å². The number of nitrogens with zero attached hydrogens (tertiary/aromatic N) is 3. The topological polar surface area (TPSA) is 78.5 Å². The van der Waals surface area contributed by atoms with Gasteiger partial charge < -0.3 is 14.6 Å². The summed E-state index contributed by atoms with van der Waals surface area (Å²) in [5, 5.41) is 0.582. The molecule has 1 unspecified atom stereocenters. The van der Waals surface area contributed by atoms with E-state index in [-0.39, 0.29) is 16.9 Å². The van der Waals surface area contributed by atoms with Crippen LogP contribution in [0.1, 0.15) is 37.7 Å². The number of carbonyl (C=O) groups is 1. The summed E-state index contributed by atoms with van der Waals surface area (Å²) in [5.74, 6) is 0.606. The number of ether oxygens (including phenoxy) is 1. The van der Waals surface area contributed by atoms with E-state index < -0.39 is 6.10 Å². The molecule has 1 atom stereocenters. The first-order chi connectivity index (χ1) is 15.8. The fourth-order valence-electron chi connectivity index (χ4n) is 4.69. The van der Waals surface area contributed by atoms with Crippen molar-refractivity contribution in [3.63, 3.8) is 0 Å². The summed E-state index contributed by atoms with van der Waals surface area (Å²) < 4.78 is 5.88. The standard InChI is InChI=1S/C26H30N4O3/c1-26(2,3)18-8-9-21-17(14-18)10-11-30(21)25(32)22-15-29(12-13-33-22)16-23-27-20-7-5-4-6-19(20)24(31)28-23/h4-9,14,22H,10-13,15-16H2,1-3H3,(H,27,28,31). The van der Waals surface area contributed by atoms with E-state index >= 15 is 0 Å². The molecule has 1 fully saturated rings. The number of hydrogen-bond acceptors (Lipinski definition) is 5.